The van der Waals surface area contributed by atoms with Crippen molar-refractivity contribution >= 4 is 10.0 Å². The number of hydrogen-bond donors (Lipinski definition) is 1. The molecular weight excluding hydrogens is 462 g/mol. The zero-order valence-corrected chi connectivity index (χ0v) is 20.6. The number of benzene rings is 2. The fourth-order valence-electron chi connectivity index (χ4n) is 5.47. The summed E-state index contributed by atoms with van der Waals surface area (Å²) in [5.41, 5.74) is 3.25. The molecule has 3 aromatic rings. The molecule has 1 N–H and O–H groups in total. The van der Waals surface area contributed by atoms with E-state index in [1.807, 2.05) is 18.3 Å². The first kappa shape index (κ1) is 23.9. The van der Waals surface area contributed by atoms with Gasteiger partial charge in [-0.15, -0.1) is 0 Å². The second-order valence-corrected chi connectivity index (χ2v) is 11.1. The molecular formula is C27H31N3O4S. The van der Waals surface area contributed by atoms with Gasteiger partial charge in [-0.1, -0.05) is 36.4 Å². The van der Waals surface area contributed by atoms with Gasteiger partial charge in [-0.3, -0.25) is 9.88 Å². The Labute approximate surface area is 207 Å². The number of pyridine rings is 1. The van der Waals surface area contributed by atoms with E-state index in [4.69, 9.17) is 4.74 Å². The molecule has 2 aliphatic heterocycles. The predicted molar refractivity (Wildman–Crippen MR) is 135 cm³/mol. The van der Waals surface area contributed by atoms with E-state index >= 15 is 0 Å². The Kier molecular flexibility index (Phi) is 6.88. The molecule has 2 aromatic carbocycles. The van der Waals surface area contributed by atoms with Gasteiger partial charge in [-0.25, -0.2) is 8.42 Å². The number of rotatable bonds is 6. The van der Waals surface area contributed by atoms with Crippen LogP contribution >= 0.6 is 0 Å². The van der Waals surface area contributed by atoms with Crippen LogP contribution in [0.15, 0.2) is 78.0 Å². The monoisotopic (exact) mass is 493 g/mol. The summed E-state index contributed by atoms with van der Waals surface area (Å²) in [6.45, 7) is 1.80. The number of nitrogens with zero attached hydrogens (tertiary/aromatic N) is 3. The Bertz CT molecular complexity index is 1250. The minimum atomic E-state index is -3.67. The third kappa shape index (κ3) is 4.59. The summed E-state index contributed by atoms with van der Waals surface area (Å²) in [7, 11) is -2.14. The van der Waals surface area contributed by atoms with Gasteiger partial charge in [0.05, 0.1) is 18.6 Å². The highest BCUT2D eigenvalue weighted by molar-refractivity contribution is 7.89. The van der Waals surface area contributed by atoms with Gasteiger partial charge in [-0.2, -0.15) is 4.31 Å². The Morgan fingerprint density at radius 1 is 1.03 bits per heavy atom. The summed E-state index contributed by atoms with van der Waals surface area (Å²) >= 11 is 0. The smallest absolute Gasteiger partial charge is 0.243 e. The molecule has 7 nitrogen and oxygen atoms in total. The molecule has 0 spiro atoms. The Hall–Kier alpha value is -2.78. The van der Waals surface area contributed by atoms with E-state index in [9.17, 15) is 13.5 Å². The maximum absolute atomic E-state index is 13.6. The SMILES string of the molecule is COc1cccc(S(=O)(=O)N2CCCCN3[C@H](C2)[C@H](c2ccc(-c4cccnc4)cc2)[C@@H]3CO)c1. The fourth-order valence-corrected chi connectivity index (χ4v) is 7.00. The van der Waals surface area contributed by atoms with Crippen molar-refractivity contribution in [1.29, 1.82) is 0 Å². The summed E-state index contributed by atoms with van der Waals surface area (Å²) in [6.07, 6.45) is 5.28. The zero-order valence-electron chi connectivity index (χ0n) is 19.8. The van der Waals surface area contributed by atoms with E-state index in [1.165, 1.54) is 7.11 Å². The first-order valence-corrected chi connectivity index (χ1v) is 13.5. The molecule has 8 heteroatoms. The van der Waals surface area contributed by atoms with Gasteiger partial charge in [0.1, 0.15) is 5.75 Å². The normalized spacial score (nSPS) is 23.5. The van der Waals surface area contributed by atoms with Crippen molar-refractivity contribution in [2.75, 3.05) is 33.4 Å². The molecule has 2 aliphatic rings. The molecule has 3 atom stereocenters. The van der Waals surface area contributed by atoms with Crippen molar-refractivity contribution in [3.63, 3.8) is 0 Å². The number of sulfonamides is 1. The number of hydrogen-bond acceptors (Lipinski definition) is 6. The first-order valence-electron chi connectivity index (χ1n) is 12.0. The van der Waals surface area contributed by atoms with Crippen LogP contribution in [-0.2, 0) is 10.0 Å². The van der Waals surface area contributed by atoms with E-state index in [1.54, 1.807) is 34.8 Å². The Balaban J connectivity index is 1.42. The van der Waals surface area contributed by atoms with E-state index in [2.05, 4.69) is 34.1 Å². The summed E-state index contributed by atoms with van der Waals surface area (Å²) in [5.74, 6) is 0.583. The van der Waals surface area contributed by atoms with Crippen LogP contribution in [0.25, 0.3) is 11.1 Å². The molecule has 0 saturated carbocycles. The van der Waals surface area contributed by atoms with Crippen molar-refractivity contribution in [2.45, 2.75) is 35.7 Å². The van der Waals surface area contributed by atoms with Crippen LogP contribution < -0.4 is 4.74 Å². The van der Waals surface area contributed by atoms with Crippen molar-refractivity contribution < 1.29 is 18.3 Å². The number of methoxy groups -OCH3 is 1. The summed E-state index contributed by atoms with van der Waals surface area (Å²) < 4.78 is 34.0. The molecule has 0 aliphatic carbocycles. The van der Waals surface area contributed by atoms with Crippen LogP contribution in [0, 0.1) is 0 Å². The van der Waals surface area contributed by atoms with Gasteiger partial charge in [-0.05, 0) is 54.3 Å². The number of aliphatic hydroxyl groups excluding tert-OH is 1. The van der Waals surface area contributed by atoms with Crippen molar-refractivity contribution in [2.24, 2.45) is 0 Å². The highest BCUT2D eigenvalue weighted by atomic mass is 32.2. The summed E-state index contributed by atoms with van der Waals surface area (Å²) in [6, 6.07) is 19.0. The lowest BCUT2D eigenvalue weighted by molar-refractivity contribution is -0.0553. The zero-order chi connectivity index (χ0) is 24.4. The van der Waals surface area contributed by atoms with Gasteiger partial charge in [0.15, 0.2) is 0 Å². The third-order valence-electron chi connectivity index (χ3n) is 7.30. The number of aliphatic hydroxyl groups is 1. The largest absolute Gasteiger partial charge is 0.497 e. The molecule has 0 unspecified atom stereocenters. The van der Waals surface area contributed by atoms with Crippen molar-refractivity contribution in [1.82, 2.24) is 14.2 Å². The first-order chi connectivity index (χ1) is 17.0. The topological polar surface area (TPSA) is 83.0 Å². The second-order valence-electron chi connectivity index (χ2n) is 9.19. The van der Waals surface area contributed by atoms with Gasteiger partial charge >= 0.3 is 0 Å². The summed E-state index contributed by atoms with van der Waals surface area (Å²) in [5, 5.41) is 10.2. The third-order valence-corrected chi connectivity index (χ3v) is 9.16. The van der Waals surface area contributed by atoms with E-state index in [0.717, 1.165) is 36.1 Å². The molecule has 2 fully saturated rings. The lowest BCUT2D eigenvalue weighted by atomic mass is 9.74. The minimum absolute atomic E-state index is 0.0104. The van der Waals surface area contributed by atoms with Crippen LogP contribution in [0.2, 0.25) is 0 Å². The highest BCUT2D eigenvalue weighted by Crippen LogP contribution is 2.43. The van der Waals surface area contributed by atoms with E-state index < -0.39 is 10.0 Å². The summed E-state index contributed by atoms with van der Waals surface area (Å²) in [4.78, 5) is 6.74. The molecule has 0 radical (unpaired) electrons. The van der Waals surface area contributed by atoms with Crippen LogP contribution in [0.1, 0.15) is 24.3 Å². The average Bonchev–Trinajstić information content (AvgIpc) is 2.88. The van der Waals surface area contributed by atoms with Gasteiger partial charge in [0.2, 0.25) is 10.0 Å². The van der Waals surface area contributed by atoms with Gasteiger partial charge < -0.3 is 9.84 Å². The number of ether oxygens (including phenoxy) is 1. The van der Waals surface area contributed by atoms with Crippen LogP contribution in [-0.4, -0.2) is 73.1 Å². The lowest BCUT2D eigenvalue weighted by Gasteiger charge is -2.57. The quantitative estimate of drug-likeness (QED) is 0.567. The highest BCUT2D eigenvalue weighted by Gasteiger charge is 2.50. The molecule has 184 valence electrons. The molecule has 0 bridgehead atoms. The fraction of sp³-hybridized carbons (Fsp3) is 0.370. The van der Waals surface area contributed by atoms with E-state index in [0.29, 0.717) is 18.8 Å². The van der Waals surface area contributed by atoms with Crippen molar-refractivity contribution in [3.8, 4) is 16.9 Å². The van der Waals surface area contributed by atoms with Crippen LogP contribution in [0.5, 0.6) is 5.75 Å². The van der Waals surface area contributed by atoms with Crippen molar-refractivity contribution in [3.05, 3.63) is 78.6 Å². The number of fused-ring (bicyclic) bond motifs is 1. The molecule has 0 amide bonds. The molecule has 35 heavy (non-hydrogen) atoms. The maximum atomic E-state index is 13.6. The number of aromatic nitrogens is 1. The minimum Gasteiger partial charge on any atom is -0.497 e. The predicted octanol–water partition coefficient (Wildman–Crippen LogP) is 3.37. The van der Waals surface area contributed by atoms with Crippen LogP contribution in [0.4, 0.5) is 0 Å². The molecule has 5 rings (SSSR count). The van der Waals surface area contributed by atoms with E-state index in [-0.39, 0.29) is 29.5 Å². The van der Waals surface area contributed by atoms with Gasteiger partial charge in [0, 0.05) is 49.6 Å². The Morgan fingerprint density at radius 3 is 2.54 bits per heavy atom. The second kappa shape index (κ2) is 10.1. The van der Waals surface area contributed by atoms with Gasteiger partial charge in [0.25, 0.3) is 0 Å². The standard InChI is InChI=1S/C27H31N3O4S/c1-34-23-7-4-8-24(16-23)35(32,33)29-14-2-3-15-30-25(18-29)27(26(30)19-31)21-11-9-20(10-12-21)22-6-5-13-28-17-22/h4-13,16-17,25-27,31H,2-3,14-15,18-19H2,1H3/t25-,26+,27+/m1/s1. The van der Waals surface area contributed by atoms with Crippen LogP contribution in [0.3, 0.4) is 0 Å². The maximum Gasteiger partial charge on any atom is 0.243 e. The molecule has 3 heterocycles. The Morgan fingerprint density at radius 2 is 1.83 bits per heavy atom. The average molecular weight is 494 g/mol. The molecule has 2 saturated heterocycles. The molecule has 1 aromatic heterocycles. The lowest BCUT2D eigenvalue weighted by Crippen LogP contribution is -2.67.